The molecule has 0 unspecified atom stereocenters. The highest BCUT2D eigenvalue weighted by Gasteiger charge is 2.19. The second-order valence-corrected chi connectivity index (χ2v) is 4.03. The van der Waals surface area contributed by atoms with Crippen LogP contribution in [0.5, 0.6) is 0 Å². The van der Waals surface area contributed by atoms with Crippen molar-refractivity contribution in [1.29, 1.82) is 0 Å². The number of oxime groups is 1. The summed E-state index contributed by atoms with van der Waals surface area (Å²) in [5.41, 5.74) is 5.43. The average molecular weight is 199 g/mol. The Labute approximate surface area is 85.8 Å². The van der Waals surface area contributed by atoms with Gasteiger partial charge in [0.1, 0.15) is 5.84 Å². The fraction of sp³-hybridized carbons (Fsp3) is 0.900. The molecule has 1 rings (SSSR count). The number of hydrogen-bond donors (Lipinski definition) is 2. The zero-order valence-corrected chi connectivity index (χ0v) is 8.95. The molecule has 1 fully saturated rings. The summed E-state index contributed by atoms with van der Waals surface area (Å²) in [6.07, 6.45) is 4.81. The van der Waals surface area contributed by atoms with E-state index in [0.29, 0.717) is 12.3 Å². The van der Waals surface area contributed by atoms with Gasteiger partial charge < -0.3 is 15.8 Å². The van der Waals surface area contributed by atoms with Crippen molar-refractivity contribution in [2.24, 2.45) is 16.8 Å². The maximum atomic E-state index is 8.40. The van der Waals surface area contributed by atoms with Gasteiger partial charge in [-0.15, -0.1) is 0 Å². The lowest BCUT2D eigenvalue weighted by molar-refractivity contribution is 0.187. The lowest BCUT2D eigenvalue weighted by Crippen LogP contribution is -2.34. The Bertz CT molecular complexity index is 190. The Morgan fingerprint density at radius 2 is 2.29 bits per heavy atom. The molecule has 0 radical (unpaired) electrons. The molecule has 0 atom stereocenters. The van der Waals surface area contributed by atoms with Crippen molar-refractivity contribution in [3.05, 3.63) is 0 Å². The summed E-state index contributed by atoms with van der Waals surface area (Å²) < 4.78 is 0. The maximum Gasteiger partial charge on any atom is 0.140 e. The summed E-state index contributed by atoms with van der Waals surface area (Å²) in [4.78, 5) is 2.38. The van der Waals surface area contributed by atoms with Crippen LogP contribution < -0.4 is 5.73 Å². The summed E-state index contributed by atoms with van der Waals surface area (Å²) in [7, 11) is 0. The van der Waals surface area contributed by atoms with Crippen LogP contribution in [0, 0.1) is 5.92 Å². The summed E-state index contributed by atoms with van der Waals surface area (Å²) in [5.74, 6) is 1.22. The largest absolute Gasteiger partial charge is 0.409 e. The minimum Gasteiger partial charge on any atom is -0.409 e. The first-order chi connectivity index (χ1) is 6.76. The van der Waals surface area contributed by atoms with Gasteiger partial charge in [-0.05, 0) is 25.3 Å². The van der Waals surface area contributed by atoms with Crippen molar-refractivity contribution in [3.63, 3.8) is 0 Å². The molecule has 82 valence electrons. The SMILES string of the molecule is CCN(CCC(N)=NO)CC1CCC1. The number of hydrogen-bond acceptors (Lipinski definition) is 3. The summed E-state index contributed by atoms with van der Waals surface area (Å²) in [5, 5.41) is 11.4. The molecule has 14 heavy (non-hydrogen) atoms. The van der Waals surface area contributed by atoms with Crippen LogP contribution in [0.1, 0.15) is 32.6 Å². The van der Waals surface area contributed by atoms with E-state index in [0.717, 1.165) is 19.0 Å². The Morgan fingerprint density at radius 3 is 2.71 bits per heavy atom. The van der Waals surface area contributed by atoms with Gasteiger partial charge in [0.2, 0.25) is 0 Å². The topological polar surface area (TPSA) is 61.8 Å². The van der Waals surface area contributed by atoms with E-state index in [1.165, 1.54) is 25.8 Å². The van der Waals surface area contributed by atoms with Crippen molar-refractivity contribution >= 4 is 5.84 Å². The third-order valence-electron chi connectivity index (χ3n) is 3.00. The second kappa shape index (κ2) is 5.86. The smallest absolute Gasteiger partial charge is 0.140 e. The lowest BCUT2D eigenvalue weighted by atomic mass is 9.85. The zero-order valence-electron chi connectivity index (χ0n) is 8.95. The van der Waals surface area contributed by atoms with Crippen molar-refractivity contribution in [2.45, 2.75) is 32.6 Å². The first-order valence-corrected chi connectivity index (χ1v) is 5.45. The van der Waals surface area contributed by atoms with Crippen molar-refractivity contribution in [1.82, 2.24) is 4.90 Å². The van der Waals surface area contributed by atoms with Gasteiger partial charge in [0.05, 0.1) is 0 Å². The first-order valence-electron chi connectivity index (χ1n) is 5.45. The molecule has 1 aliphatic carbocycles. The maximum absolute atomic E-state index is 8.40. The van der Waals surface area contributed by atoms with Crippen molar-refractivity contribution in [2.75, 3.05) is 19.6 Å². The Balaban J connectivity index is 2.16. The third kappa shape index (κ3) is 3.54. The Hall–Kier alpha value is -0.770. The molecule has 3 N–H and O–H groups in total. The van der Waals surface area contributed by atoms with E-state index in [1.807, 2.05) is 0 Å². The Morgan fingerprint density at radius 1 is 1.57 bits per heavy atom. The van der Waals surface area contributed by atoms with E-state index in [1.54, 1.807) is 0 Å². The van der Waals surface area contributed by atoms with Crippen LogP contribution in [0.15, 0.2) is 5.16 Å². The van der Waals surface area contributed by atoms with Gasteiger partial charge in [0.25, 0.3) is 0 Å². The van der Waals surface area contributed by atoms with E-state index < -0.39 is 0 Å². The molecule has 1 aliphatic rings. The van der Waals surface area contributed by atoms with E-state index in [9.17, 15) is 0 Å². The molecular weight excluding hydrogens is 178 g/mol. The van der Waals surface area contributed by atoms with Gasteiger partial charge in [-0.25, -0.2) is 0 Å². The van der Waals surface area contributed by atoms with Crippen LogP contribution >= 0.6 is 0 Å². The third-order valence-corrected chi connectivity index (χ3v) is 3.00. The van der Waals surface area contributed by atoms with Crippen LogP contribution in [0.3, 0.4) is 0 Å². The molecule has 0 aromatic carbocycles. The van der Waals surface area contributed by atoms with Gasteiger partial charge in [0.15, 0.2) is 0 Å². The number of nitrogens with zero attached hydrogens (tertiary/aromatic N) is 2. The number of rotatable bonds is 6. The highest BCUT2D eigenvalue weighted by Crippen LogP contribution is 2.26. The normalized spacial score (nSPS) is 18.6. The van der Waals surface area contributed by atoms with Crippen LogP contribution in [0.25, 0.3) is 0 Å². The van der Waals surface area contributed by atoms with Gasteiger partial charge in [-0.2, -0.15) is 0 Å². The van der Waals surface area contributed by atoms with Gasteiger partial charge in [-0.1, -0.05) is 18.5 Å². The lowest BCUT2D eigenvalue weighted by Gasteiger charge is -2.31. The monoisotopic (exact) mass is 199 g/mol. The molecule has 4 heteroatoms. The van der Waals surface area contributed by atoms with E-state index in [-0.39, 0.29) is 0 Å². The predicted octanol–water partition coefficient (Wildman–Crippen LogP) is 1.24. The molecular formula is C10H21N3O. The molecule has 0 aromatic rings. The second-order valence-electron chi connectivity index (χ2n) is 4.03. The molecule has 0 spiro atoms. The summed E-state index contributed by atoms with van der Waals surface area (Å²) in [6.45, 7) is 5.29. The summed E-state index contributed by atoms with van der Waals surface area (Å²) >= 11 is 0. The van der Waals surface area contributed by atoms with Gasteiger partial charge >= 0.3 is 0 Å². The Kier molecular flexibility index (Phi) is 4.73. The zero-order chi connectivity index (χ0) is 10.4. The fourth-order valence-electron chi connectivity index (χ4n) is 1.74. The van der Waals surface area contributed by atoms with Gasteiger partial charge in [-0.3, -0.25) is 0 Å². The average Bonchev–Trinajstić information content (AvgIpc) is 2.15. The van der Waals surface area contributed by atoms with Crippen LogP contribution in [-0.2, 0) is 0 Å². The fourth-order valence-corrected chi connectivity index (χ4v) is 1.74. The van der Waals surface area contributed by atoms with E-state index in [2.05, 4.69) is 17.0 Å². The van der Waals surface area contributed by atoms with Crippen LogP contribution in [0.2, 0.25) is 0 Å². The van der Waals surface area contributed by atoms with Crippen molar-refractivity contribution in [3.8, 4) is 0 Å². The van der Waals surface area contributed by atoms with Crippen molar-refractivity contribution < 1.29 is 5.21 Å². The highest BCUT2D eigenvalue weighted by atomic mass is 16.4. The molecule has 0 aliphatic heterocycles. The van der Waals surface area contributed by atoms with Crippen LogP contribution in [0.4, 0.5) is 0 Å². The quantitative estimate of drug-likeness (QED) is 0.293. The number of amidine groups is 1. The molecule has 0 bridgehead atoms. The molecule has 1 saturated carbocycles. The van der Waals surface area contributed by atoms with Gasteiger partial charge in [0, 0.05) is 19.5 Å². The molecule has 0 heterocycles. The first kappa shape index (κ1) is 11.3. The molecule has 0 saturated heterocycles. The number of nitrogens with two attached hydrogens (primary N) is 1. The minimum absolute atomic E-state index is 0.331. The minimum atomic E-state index is 0.331. The molecule has 4 nitrogen and oxygen atoms in total. The predicted molar refractivity (Wildman–Crippen MR) is 57.5 cm³/mol. The molecule has 0 aromatic heterocycles. The highest BCUT2D eigenvalue weighted by molar-refractivity contribution is 5.79. The molecule has 0 amide bonds. The van der Waals surface area contributed by atoms with E-state index in [4.69, 9.17) is 10.9 Å². The standard InChI is InChI=1S/C10H21N3O/c1-2-13(7-6-10(11)12-14)8-9-4-3-5-9/h9,14H,2-8H2,1H3,(H2,11,12). The summed E-state index contributed by atoms with van der Waals surface area (Å²) in [6, 6.07) is 0. The van der Waals surface area contributed by atoms with Crippen LogP contribution in [-0.4, -0.2) is 35.6 Å². The van der Waals surface area contributed by atoms with E-state index >= 15 is 0 Å².